The number of alkyl halides is 3. The molecule has 2 heterocycles. The van der Waals surface area contributed by atoms with Gasteiger partial charge in [0, 0.05) is 18.0 Å². The molecule has 2 aliphatic heterocycles. The first-order chi connectivity index (χ1) is 20.1. The Balaban J connectivity index is 1.26. The lowest BCUT2D eigenvalue weighted by atomic mass is 9.46. The number of piperidine rings is 1. The topological polar surface area (TPSA) is 143 Å². The molecular weight excluding hydrogens is 567 g/mol. The first-order valence-corrected chi connectivity index (χ1v) is 15.6. The zero-order valence-electron chi connectivity index (χ0n) is 24.5. The molecule has 0 radical (unpaired) electrons. The number of halogens is 3. The minimum atomic E-state index is -5.16. The summed E-state index contributed by atoms with van der Waals surface area (Å²) in [5.74, 6) is -3.83. The van der Waals surface area contributed by atoms with Crippen LogP contribution in [0.5, 0.6) is 0 Å². The summed E-state index contributed by atoms with van der Waals surface area (Å²) in [7, 11) is 0. The number of nitrogens with one attached hydrogen (secondary N) is 2. The van der Waals surface area contributed by atoms with Crippen molar-refractivity contribution in [2.75, 3.05) is 6.54 Å². The molecule has 5 aliphatic carbocycles. The Kier molecular flexibility index (Phi) is 7.26. The van der Waals surface area contributed by atoms with Crippen molar-refractivity contribution in [2.24, 2.45) is 29.1 Å². The normalized spacial score (nSPS) is 38.8. The van der Waals surface area contributed by atoms with E-state index in [2.05, 4.69) is 11.4 Å². The SMILES string of the molecule is CC(C)[C@@H](NC(=O)C(F)(F)F)C(=O)N1CCCC1C(=O)NC(C(=O)N1C(C#N)CC2CC21)C12CC3CC(CC(O)(C3)C1)C2. The molecule has 7 aliphatic rings. The molecule has 236 valence electrons. The van der Waals surface area contributed by atoms with E-state index in [9.17, 15) is 42.7 Å². The molecule has 3 N–H and O–H groups in total. The number of hydrogen-bond donors (Lipinski definition) is 3. The van der Waals surface area contributed by atoms with Crippen molar-refractivity contribution in [3.8, 4) is 6.07 Å². The standard InChI is InChI=1S/C30H40F3N5O5/c1-15(2)22(35-27(42)30(31,32)33)25(40)37-5-3-4-20(37)24(39)36-23(26(41)38-19(13-34)7-18-8-21(18)38)28-9-16-6-17(10-28)12-29(43,11-16)14-28/h15-23,43H,3-12,14H2,1-2H3,(H,35,42)(H,36,39)/t16?,17?,18?,19?,20?,21?,22-,23?,28?,29?/m1/s1. The van der Waals surface area contributed by atoms with Crippen molar-refractivity contribution in [3.63, 3.8) is 0 Å². The van der Waals surface area contributed by atoms with Gasteiger partial charge in [-0.05, 0) is 87.9 Å². The van der Waals surface area contributed by atoms with Gasteiger partial charge in [0.1, 0.15) is 24.2 Å². The molecular formula is C30H40F3N5O5. The van der Waals surface area contributed by atoms with E-state index in [1.165, 1.54) is 18.7 Å². The van der Waals surface area contributed by atoms with Crippen molar-refractivity contribution in [3.05, 3.63) is 0 Å². The average Bonchev–Trinajstić information content (AvgIpc) is 3.31. The van der Waals surface area contributed by atoms with Crippen LogP contribution in [-0.2, 0) is 19.2 Å². The Morgan fingerprint density at radius 1 is 1.00 bits per heavy atom. The predicted octanol–water partition coefficient (Wildman–Crippen LogP) is 2.01. The molecule has 0 aromatic heterocycles. The second kappa shape index (κ2) is 10.3. The molecule has 7 rings (SSSR count). The van der Waals surface area contributed by atoms with Crippen LogP contribution in [-0.4, -0.2) is 87.1 Å². The van der Waals surface area contributed by atoms with E-state index < -0.39 is 65.0 Å². The van der Waals surface area contributed by atoms with Gasteiger partial charge < -0.3 is 25.5 Å². The van der Waals surface area contributed by atoms with Crippen LogP contribution in [0.2, 0.25) is 0 Å². The van der Waals surface area contributed by atoms with E-state index in [1.54, 1.807) is 10.2 Å². The summed E-state index contributed by atoms with van der Waals surface area (Å²) < 4.78 is 39.0. The molecule has 10 nitrogen and oxygen atoms in total. The summed E-state index contributed by atoms with van der Waals surface area (Å²) in [4.78, 5) is 56.5. The van der Waals surface area contributed by atoms with Crippen LogP contribution in [0, 0.1) is 40.4 Å². The lowest BCUT2D eigenvalue weighted by molar-refractivity contribution is -0.182. The highest BCUT2D eigenvalue weighted by molar-refractivity contribution is 5.96. The molecule has 4 amide bonds. The molecule has 0 spiro atoms. The number of likely N-dealkylation sites (tertiary alicyclic amines) is 2. The van der Waals surface area contributed by atoms with E-state index >= 15 is 0 Å². The van der Waals surface area contributed by atoms with E-state index in [-0.39, 0.29) is 42.7 Å². The van der Waals surface area contributed by atoms with E-state index in [1.807, 2.05) is 0 Å². The monoisotopic (exact) mass is 607 g/mol. The number of nitrogens with zero attached hydrogens (tertiary/aromatic N) is 3. The van der Waals surface area contributed by atoms with Crippen LogP contribution in [0.4, 0.5) is 13.2 Å². The summed E-state index contributed by atoms with van der Waals surface area (Å²) in [6.07, 6.45) is 0.966. The summed E-state index contributed by atoms with van der Waals surface area (Å²) >= 11 is 0. The smallest absolute Gasteiger partial charge is 0.390 e. The minimum Gasteiger partial charge on any atom is -0.390 e. The number of aliphatic hydroxyl groups is 1. The number of carbonyl (C=O) groups is 4. The second-order valence-electron chi connectivity index (χ2n) is 14.6. The lowest BCUT2D eigenvalue weighted by Crippen LogP contribution is -2.67. The third-order valence-corrected chi connectivity index (χ3v) is 11.0. The van der Waals surface area contributed by atoms with Crippen LogP contribution in [0.3, 0.4) is 0 Å². The largest absolute Gasteiger partial charge is 0.471 e. The van der Waals surface area contributed by atoms with Crippen LogP contribution in [0.15, 0.2) is 0 Å². The van der Waals surface area contributed by atoms with Gasteiger partial charge in [-0.1, -0.05) is 13.8 Å². The highest BCUT2D eigenvalue weighted by Gasteiger charge is 2.64. The van der Waals surface area contributed by atoms with Gasteiger partial charge >= 0.3 is 12.1 Å². The third-order valence-electron chi connectivity index (χ3n) is 11.0. The van der Waals surface area contributed by atoms with Gasteiger partial charge in [-0.15, -0.1) is 0 Å². The quantitative estimate of drug-likeness (QED) is 0.404. The maximum Gasteiger partial charge on any atom is 0.471 e. The fourth-order valence-electron chi connectivity index (χ4n) is 9.59. The number of nitriles is 1. The molecule has 5 saturated carbocycles. The zero-order chi connectivity index (χ0) is 31.1. The van der Waals surface area contributed by atoms with Crippen LogP contribution in [0.25, 0.3) is 0 Å². The van der Waals surface area contributed by atoms with Crippen molar-refractivity contribution >= 4 is 23.6 Å². The Morgan fingerprint density at radius 3 is 2.26 bits per heavy atom. The highest BCUT2D eigenvalue weighted by Crippen LogP contribution is 2.63. The van der Waals surface area contributed by atoms with Gasteiger partial charge in [-0.3, -0.25) is 19.2 Å². The first kappa shape index (κ1) is 30.2. The maximum absolute atomic E-state index is 14.4. The summed E-state index contributed by atoms with van der Waals surface area (Å²) in [5, 5.41) is 26.1. The average molecular weight is 608 g/mol. The third kappa shape index (κ3) is 5.27. The molecule has 2 saturated heterocycles. The fourth-order valence-corrected chi connectivity index (χ4v) is 9.59. The van der Waals surface area contributed by atoms with Gasteiger partial charge in [0.25, 0.3) is 0 Å². The van der Waals surface area contributed by atoms with E-state index in [4.69, 9.17) is 0 Å². The van der Waals surface area contributed by atoms with Gasteiger partial charge in [-0.2, -0.15) is 18.4 Å². The number of amides is 4. The van der Waals surface area contributed by atoms with E-state index in [0.29, 0.717) is 44.9 Å². The Labute approximate surface area is 248 Å². The Bertz CT molecular complexity index is 1240. The number of rotatable bonds is 7. The maximum atomic E-state index is 14.4. The second-order valence-corrected chi connectivity index (χ2v) is 14.6. The molecule has 7 unspecified atom stereocenters. The van der Waals surface area contributed by atoms with Crippen LogP contribution in [0.1, 0.15) is 78.1 Å². The zero-order valence-corrected chi connectivity index (χ0v) is 24.5. The summed E-state index contributed by atoms with van der Waals surface area (Å²) in [5.41, 5.74) is -1.60. The minimum absolute atomic E-state index is 0.0397. The van der Waals surface area contributed by atoms with E-state index in [0.717, 1.165) is 12.8 Å². The summed E-state index contributed by atoms with van der Waals surface area (Å²) in [6.45, 7) is 3.16. The Morgan fingerprint density at radius 2 is 1.67 bits per heavy atom. The fraction of sp³-hybridized carbons (Fsp3) is 0.833. The molecule has 43 heavy (non-hydrogen) atoms. The molecule has 4 bridgehead atoms. The first-order valence-electron chi connectivity index (χ1n) is 15.6. The van der Waals surface area contributed by atoms with Crippen molar-refractivity contribution in [1.29, 1.82) is 5.26 Å². The number of carbonyl (C=O) groups excluding carboxylic acids is 4. The van der Waals surface area contributed by atoms with Crippen LogP contribution < -0.4 is 10.6 Å². The molecule has 0 aromatic carbocycles. The van der Waals surface area contributed by atoms with Crippen molar-refractivity contribution in [2.45, 2.75) is 120 Å². The Hall–Kier alpha value is -2.88. The molecule has 0 aromatic rings. The molecule has 8 atom stereocenters. The molecule has 7 fully saturated rings. The van der Waals surface area contributed by atoms with Gasteiger partial charge in [0.05, 0.1) is 11.7 Å². The predicted molar refractivity (Wildman–Crippen MR) is 144 cm³/mol. The molecule has 13 heteroatoms. The van der Waals surface area contributed by atoms with Gasteiger partial charge in [0.2, 0.25) is 17.7 Å². The highest BCUT2D eigenvalue weighted by atomic mass is 19.4. The lowest BCUT2D eigenvalue weighted by Gasteiger charge is -2.62. The number of hydrogen-bond acceptors (Lipinski definition) is 6. The van der Waals surface area contributed by atoms with Crippen molar-refractivity contribution in [1.82, 2.24) is 20.4 Å². The van der Waals surface area contributed by atoms with Gasteiger partial charge in [-0.25, -0.2) is 0 Å². The number of fused-ring (bicyclic) bond motifs is 1. The van der Waals surface area contributed by atoms with Crippen molar-refractivity contribution < 1.29 is 37.5 Å². The summed E-state index contributed by atoms with van der Waals surface area (Å²) in [6, 6.07) is -1.87. The van der Waals surface area contributed by atoms with Gasteiger partial charge in [0.15, 0.2) is 0 Å². The van der Waals surface area contributed by atoms with Crippen LogP contribution >= 0.6 is 0 Å².